The molecule has 3 heteroatoms. The third-order valence-corrected chi connectivity index (χ3v) is 2.11. The van der Waals surface area contributed by atoms with E-state index in [1.54, 1.807) is 0 Å². The lowest BCUT2D eigenvalue weighted by atomic mass is 10.4. The van der Waals surface area contributed by atoms with E-state index in [9.17, 15) is 4.79 Å². The number of hydrogen-bond donors (Lipinski definition) is 1. The van der Waals surface area contributed by atoms with Crippen molar-refractivity contribution in [2.45, 2.75) is 12.8 Å². The van der Waals surface area contributed by atoms with Gasteiger partial charge in [-0.3, -0.25) is 4.79 Å². The summed E-state index contributed by atoms with van der Waals surface area (Å²) < 4.78 is 0. The first kappa shape index (κ1) is 9.26. The summed E-state index contributed by atoms with van der Waals surface area (Å²) in [4.78, 5) is 13.1. The normalized spacial score (nSPS) is 17.7. The Morgan fingerprint density at radius 3 is 2.75 bits per heavy atom. The molecule has 1 amide bonds. The van der Waals surface area contributed by atoms with Crippen LogP contribution in [0.15, 0.2) is 12.7 Å². The monoisotopic (exact) mass is 168 g/mol. The third kappa shape index (κ3) is 3.05. The van der Waals surface area contributed by atoms with Crippen LogP contribution in [-0.2, 0) is 4.79 Å². The second kappa shape index (κ2) is 4.93. The summed E-state index contributed by atoms with van der Waals surface area (Å²) in [6, 6.07) is 0. The van der Waals surface area contributed by atoms with Crippen molar-refractivity contribution in [3.8, 4) is 0 Å². The number of nitrogens with one attached hydrogen (secondary N) is 1. The molecule has 0 aromatic rings. The quantitative estimate of drug-likeness (QED) is 0.616. The Bertz CT molecular complexity index is 162. The van der Waals surface area contributed by atoms with E-state index < -0.39 is 0 Å². The molecule has 1 rings (SSSR count). The second-order valence-electron chi connectivity index (χ2n) is 3.04. The minimum Gasteiger partial charge on any atom is -0.351 e. The Kier molecular flexibility index (Phi) is 3.80. The predicted molar refractivity (Wildman–Crippen MR) is 48.9 cm³/mol. The van der Waals surface area contributed by atoms with Gasteiger partial charge in [-0.15, -0.1) is 0 Å². The molecule has 0 saturated carbocycles. The summed E-state index contributed by atoms with van der Waals surface area (Å²) in [7, 11) is 0. The average Bonchev–Trinajstić information content (AvgIpc) is 2.57. The maximum absolute atomic E-state index is 10.7. The number of carbonyl (C=O) groups excluding carboxylic acids is 1. The van der Waals surface area contributed by atoms with Crippen molar-refractivity contribution in [3.05, 3.63) is 12.7 Å². The van der Waals surface area contributed by atoms with Gasteiger partial charge in [0.1, 0.15) is 0 Å². The Labute approximate surface area is 73.4 Å². The van der Waals surface area contributed by atoms with E-state index in [0.717, 1.165) is 13.1 Å². The highest BCUT2D eigenvalue weighted by atomic mass is 16.1. The van der Waals surface area contributed by atoms with Crippen LogP contribution < -0.4 is 5.32 Å². The highest BCUT2D eigenvalue weighted by molar-refractivity contribution is 5.86. The summed E-state index contributed by atoms with van der Waals surface area (Å²) in [5.41, 5.74) is 0. The van der Waals surface area contributed by atoms with Crippen LogP contribution in [0.25, 0.3) is 0 Å². The van der Waals surface area contributed by atoms with Gasteiger partial charge < -0.3 is 10.2 Å². The van der Waals surface area contributed by atoms with Crippen molar-refractivity contribution in [2.75, 3.05) is 26.2 Å². The Morgan fingerprint density at radius 2 is 2.17 bits per heavy atom. The maximum Gasteiger partial charge on any atom is 0.243 e. The van der Waals surface area contributed by atoms with Gasteiger partial charge >= 0.3 is 0 Å². The van der Waals surface area contributed by atoms with Gasteiger partial charge in [0.15, 0.2) is 0 Å². The fourth-order valence-corrected chi connectivity index (χ4v) is 1.42. The van der Waals surface area contributed by atoms with E-state index in [2.05, 4.69) is 16.8 Å². The van der Waals surface area contributed by atoms with E-state index in [-0.39, 0.29) is 5.91 Å². The first-order valence-electron chi connectivity index (χ1n) is 4.45. The second-order valence-corrected chi connectivity index (χ2v) is 3.04. The van der Waals surface area contributed by atoms with Crippen molar-refractivity contribution < 1.29 is 4.79 Å². The molecular formula is C9H16N2O. The average molecular weight is 168 g/mol. The standard InChI is InChI=1S/C9H16N2O/c1-2-9(12)10-5-8-11-6-3-4-7-11/h2H,1,3-8H2,(H,10,12). The minimum absolute atomic E-state index is 0.0748. The highest BCUT2D eigenvalue weighted by Crippen LogP contribution is 2.05. The Hall–Kier alpha value is -0.830. The highest BCUT2D eigenvalue weighted by Gasteiger charge is 2.10. The topological polar surface area (TPSA) is 32.3 Å². The van der Waals surface area contributed by atoms with Gasteiger partial charge in [0.05, 0.1) is 0 Å². The van der Waals surface area contributed by atoms with E-state index in [4.69, 9.17) is 0 Å². The smallest absolute Gasteiger partial charge is 0.243 e. The number of hydrogen-bond acceptors (Lipinski definition) is 2. The van der Waals surface area contributed by atoms with Gasteiger partial charge in [0, 0.05) is 13.1 Å². The molecule has 12 heavy (non-hydrogen) atoms. The first-order valence-corrected chi connectivity index (χ1v) is 4.45. The van der Waals surface area contributed by atoms with Crippen molar-refractivity contribution >= 4 is 5.91 Å². The van der Waals surface area contributed by atoms with Crippen molar-refractivity contribution in [1.29, 1.82) is 0 Å². The fourth-order valence-electron chi connectivity index (χ4n) is 1.42. The van der Waals surface area contributed by atoms with Gasteiger partial charge in [0.2, 0.25) is 5.91 Å². The van der Waals surface area contributed by atoms with Crippen molar-refractivity contribution in [3.63, 3.8) is 0 Å². The number of rotatable bonds is 4. The van der Waals surface area contributed by atoms with Gasteiger partial charge in [-0.05, 0) is 32.0 Å². The molecule has 0 aromatic carbocycles. The first-order chi connectivity index (χ1) is 5.83. The van der Waals surface area contributed by atoms with Crippen LogP contribution in [0.1, 0.15) is 12.8 Å². The molecular weight excluding hydrogens is 152 g/mol. The molecule has 0 aliphatic carbocycles. The van der Waals surface area contributed by atoms with Crippen LogP contribution in [0, 0.1) is 0 Å². The van der Waals surface area contributed by atoms with Gasteiger partial charge in [-0.25, -0.2) is 0 Å². The summed E-state index contributed by atoms with van der Waals surface area (Å²) >= 11 is 0. The molecule has 1 heterocycles. The van der Waals surface area contributed by atoms with Crippen LogP contribution in [0.3, 0.4) is 0 Å². The minimum atomic E-state index is -0.0748. The van der Waals surface area contributed by atoms with E-state index in [1.807, 2.05) is 0 Å². The van der Waals surface area contributed by atoms with E-state index in [1.165, 1.54) is 32.0 Å². The zero-order chi connectivity index (χ0) is 8.81. The molecule has 1 fully saturated rings. The largest absolute Gasteiger partial charge is 0.351 e. The van der Waals surface area contributed by atoms with Gasteiger partial charge in [-0.1, -0.05) is 6.58 Å². The van der Waals surface area contributed by atoms with Crippen LogP contribution >= 0.6 is 0 Å². The lowest BCUT2D eigenvalue weighted by Crippen LogP contribution is -2.32. The fraction of sp³-hybridized carbons (Fsp3) is 0.667. The van der Waals surface area contributed by atoms with Crippen molar-refractivity contribution in [1.82, 2.24) is 10.2 Å². The Balaban J connectivity index is 2.01. The Morgan fingerprint density at radius 1 is 1.50 bits per heavy atom. The zero-order valence-corrected chi connectivity index (χ0v) is 7.38. The lowest BCUT2D eigenvalue weighted by molar-refractivity contribution is -0.116. The zero-order valence-electron chi connectivity index (χ0n) is 7.38. The lowest BCUT2D eigenvalue weighted by Gasteiger charge is -2.13. The summed E-state index contributed by atoms with van der Waals surface area (Å²) in [6.45, 7) is 7.47. The van der Waals surface area contributed by atoms with E-state index >= 15 is 0 Å². The molecule has 0 spiro atoms. The van der Waals surface area contributed by atoms with Gasteiger partial charge in [0.25, 0.3) is 0 Å². The number of nitrogens with zero attached hydrogens (tertiary/aromatic N) is 1. The third-order valence-electron chi connectivity index (χ3n) is 2.11. The van der Waals surface area contributed by atoms with Crippen LogP contribution in [0.4, 0.5) is 0 Å². The maximum atomic E-state index is 10.7. The molecule has 1 saturated heterocycles. The molecule has 0 bridgehead atoms. The summed E-state index contributed by atoms with van der Waals surface area (Å²) in [5, 5.41) is 2.76. The molecule has 0 radical (unpaired) electrons. The predicted octanol–water partition coefficient (Wildman–Crippen LogP) is 0.384. The number of carbonyl (C=O) groups is 1. The molecule has 1 aliphatic rings. The van der Waals surface area contributed by atoms with Gasteiger partial charge in [-0.2, -0.15) is 0 Å². The molecule has 0 unspecified atom stereocenters. The van der Waals surface area contributed by atoms with Crippen LogP contribution in [-0.4, -0.2) is 37.0 Å². The molecule has 3 nitrogen and oxygen atoms in total. The van der Waals surface area contributed by atoms with Crippen LogP contribution in [0.2, 0.25) is 0 Å². The molecule has 1 aliphatic heterocycles. The molecule has 0 atom stereocenters. The molecule has 0 aromatic heterocycles. The molecule has 68 valence electrons. The summed E-state index contributed by atoms with van der Waals surface area (Å²) in [6.07, 6.45) is 3.91. The SMILES string of the molecule is C=CC(=O)NCCN1CCCC1. The van der Waals surface area contributed by atoms with Crippen LogP contribution in [0.5, 0.6) is 0 Å². The van der Waals surface area contributed by atoms with E-state index in [0.29, 0.717) is 0 Å². The number of amides is 1. The summed E-state index contributed by atoms with van der Waals surface area (Å²) in [5.74, 6) is -0.0748. The molecule has 1 N–H and O–H groups in total. The number of likely N-dealkylation sites (tertiary alicyclic amines) is 1. The van der Waals surface area contributed by atoms with Crippen molar-refractivity contribution in [2.24, 2.45) is 0 Å².